The minimum Gasteiger partial charge on any atom is -0.312 e. The maximum absolute atomic E-state index is 3.78. The number of hydrogen-bond acceptors (Lipinski definition) is 2. The fraction of sp³-hybridized carbons (Fsp3) is 1.00. The molecule has 17 heavy (non-hydrogen) atoms. The van der Waals surface area contributed by atoms with Gasteiger partial charge in [-0.15, -0.1) is 0 Å². The van der Waals surface area contributed by atoms with Gasteiger partial charge in [-0.3, -0.25) is 0 Å². The lowest BCUT2D eigenvalue weighted by atomic mass is 10.0. The molecule has 0 aromatic rings. The molecular formula is C15H32N2. The molecular weight excluding hydrogens is 208 g/mol. The van der Waals surface area contributed by atoms with E-state index in [1.807, 2.05) is 0 Å². The van der Waals surface area contributed by atoms with Crippen LogP contribution >= 0.6 is 0 Å². The second-order valence-corrected chi connectivity index (χ2v) is 5.60. The summed E-state index contributed by atoms with van der Waals surface area (Å²) in [6.07, 6.45) is 10.9. The zero-order valence-corrected chi connectivity index (χ0v) is 12.2. The quantitative estimate of drug-likeness (QED) is 0.686. The molecule has 0 heterocycles. The Kier molecular flexibility index (Phi) is 7.87. The Morgan fingerprint density at radius 3 is 2.53 bits per heavy atom. The summed E-state index contributed by atoms with van der Waals surface area (Å²) in [7, 11) is 2.33. The van der Waals surface area contributed by atoms with Gasteiger partial charge in [-0.05, 0) is 45.8 Å². The molecule has 0 saturated heterocycles. The van der Waals surface area contributed by atoms with E-state index in [4.69, 9.17) is 0 Å². The summed E-state index contributed by atoms with van der Waals surface area (Å²) >= 11 is 0. The Morgan fingerprint density at radius 2 is 1.82 bits per heavy atom. The molecule has 0 bridgehead atoms. The van der Waals surface area contributed by atoms with Gasteiger partial charge in [0.2, 0.25) is 0 Å². The highest BCUT2D eigenvalue weighted by atomic mass is 15.2. The van der Waals surface area contributed by atoms with Gasteiger partial charge in [-0.1, -0.05) is 39.5 Å². The number of rotatable bonds is 7. The molecule has 1 N–H and O–H groups in total. The molecule has 1 rings (SSSR count). The molecule has 2 atom stereocenters. The molecule has 0 amide bonds. The van der Waals surface area contributed by atoms with E-state index in [0.29, 0.717) is 0 Å². The minimum absolute atomic E-state index is 0.735. The highest BCUT2D eigenvalue weighted by Gasteiger charge is 2.25. The molecule has 1 aliphatic rings. The van der Waals surface area contributed by atoms with Gasteiger partial charge in [0.05, 0.1) is 0 Å². The lowest BCUT2D eigenvalue weighted by molar-refractivity contribution is 0.179. The van der Waals surface area contributed by atoms with Gasteiger partial charge < -0.3 is 10.2 Å². The summed E-state index contributed by atoms with van der Waals surface area (Å²) in [6, 6.07) is 1.51. The summed E-state index contributed by atoms with van der Waals surface area (Å²) in [5.41, 5.74) is 0. The first-order valence-electron chi connectivity index (χ1n) is 7.73. The highest BCUT2D eigenvalue weighted by molar-refractivity contribution is 4.85. The van der Waals surface area contributed by atoms with Crippen molar-refractivity contribution in [1.82, 2.24) is 10.2 Å². The molecule has 0 aromatic heterocycles. The van der Waals surface area contributed by atoms with Crippen molar-refractivity contribution in [3.05, 3.63) is 0 Å². The van der Waals surface area contributed by atoms with Crippen LogP contribution in [0.4, 0.5) is 0 Å². The second kappa shape index (κ2) is 8.93. The fourth-order valence-corrected chi connectivity index (χ4v) is 2.96. The number of nitrogens with one attached hydrogen (secondary N) is 1. The van der Waals surface area contributed by atoms with Crippen LogP contribution in [0.5, 0.6) is 0 Å². The Bertz CT molecular complexity index is 182. The smallest absolute Gasteiger partial charge is 0.0246 e. The lowest BCUT2D eigenvalue weighted by Crippen LogP contribution is -2.48. The molecule has 102 valence electrons. The molecule has 0 aromatic carbocycles. The van der Waals surface area contributed by atoms with Gasteiger partial charge in [0.25, 0.3) is 0 Å². The highest BCUT2D eigenvalue weighted by Crippen LogP contribution is 2.22. The molecule has 2 unspecified atom stereocenters. The molecule has 0 aliphatic heterocycles. The van der Waals surface area contributed by atoms with Crippen LogP contribution in [0.1, 0.15) is 65.2 Å². The van der Waals surface area contributed by atoms with E-state index < -0.39 is 0 Å². The van der Waals surface area contributed by atoms with Crippen molar-refractivity contribution in [3.63, 3.8) is 0 Å². The van der Waals surface area contributed by atoms with Crippen molar-refractivity contribution in [1.29, 1.82) is 0 Å². The number of nitrogens with zero attached hydrogens (tertiary/aromatic N) is 1. The van der Waals surface area contributed by atoms with Gasteiger partial charge in [0.15, 0.2) is 0 Å². The van der Waals surface area contributed by atoms with Crippen LogP contribution in [0.15, 0.2) is 0 Å². The summed E-state index contributed by atoms with van der Waals surface area (Å²) in [5.74, 6) is 0. The Labute approximate surface area is 108 Å². The predicted octanol–water partition coefficient (Wildman–Crippen LogP) is 3.42. The van der Waals surface area contributed by atoms with Gasteiger partial charge in [-0.2, -0.15) is 0 Å². The minimum atomic E-state index is 0.735. The largest absolute Gasteiger partial charge is 0.312 e. The number of unbranched alkanes of at least 4 members (excludes halogenated alkanes) is 1. The van der Waals surface area contributed by atoms with E-state index in [-0.39, 0.29) is 0 Å². The van der Waals surface area contributed by atoms with Crippen LogP contribution in [-0.2, 0) is 0 Å². The Hall–Kier alpha value is -0.0800. The number of hydrogen-bond donors (Lipinski definition) is 1. The van der Waals surface area contributed by atoms with Crippen LogP contribution in [0.2, 0.25) is 0 Å². The van der Waals surface area contributed by atoms with Crippen LogP contribution < -0.4 is 5.32 Å². The van der Waals surface area contributed by atoms with Gasteiger partial charge in [-0.25, -0.2) is 0 Å². The fourth-order valence-electron chi connectivity index (χ4n) is 2.96. The van der Waals surface area contributed by atoms with Crippen LogP contribution in [0, 0.1) is 0 Å². The van der Waals surface area contributed by atoms with Crippen molar-refractivity contribution < 1.29 is 0 Å². The van der Waals surface area contributed by atoms with E-state index in [1.165, 1.54) is 64.5 Å². The van der Waals surface area contributed by atoms with Crippen LogP contribution in [-0.4, -0.2) is 37.1 Å². The maximum Gasteiger partial charge on any atom is 0.0246 e. The predicted molar refractivity (Wildman–Crippen MR) is 76.5 cm³/mol. The zero-order chi connectivity index (χ0) is 12.5. The van der Waals surface area contributed by atoms with Crippen molar-refractivity contribution in [2.45, 2.75) is 77.3 Å². The third-order valence-electron chi connectivity index (χ3n) is 4.07. The van der Waals surface area contributed by atoms with Crippen molar-refractivity contribution in [2.24, 2.45) is 0 Å². The topological polar surface area (TPSA) is 15.3 Å². The average molecular weight is 240 g/mol. The Balaban J connectivity index is 2.47. The first-order chi connectivity index (χ1) is 8.29. The third kappa shape index (κ3) is 5.39. The summed E-state index contributed by atoms with van der Waals surface area (Å²) < 4.78 is 0. The standard InChI is InChI=1S/C15H32N2/c1-4-6-13-17(3)15-11-9-7-8-10-14(15)16-12-5-2/h14-16H,4-13H2,1-3H3. The van der Waals surface area contributed by atoms with Crippen LogP contribution in [0.3, 0.4) is 0 Å². The summed E-state index contributed by atoms with van der Waals surface area (Å²) in [6.45, 7) is 7.00. The normalized spacial score (nSPS) is 26.1. The third-order valence-corrected chi connectivity index (χ3v) is 4.07. The lowest BCUT2D eigenvalue weighted by Gasteiger charge is -2.34. The first kappa shape index (κ1) is 15.0. The van der Waals surface area contributed by atoms with E-state index in [2.05, 4.69) is 31.1 Å². The van der Waals surface area contributed by atoms with Crippen molar-refractivity contribution in [2.75, 3.05) is 20.1 Å². The zero-order valence-electron chi connectivity index (χ0n) is 12.2. The molecule has 1 saturated carbocycles. The van der Waals surface area contributed by atoms with E-state index in [1.54, 1.807) is 0 Å². The molecule has 1 fully saturated rings. The van der Waals surface area contributed by atoms with Crippen LogP contribution in [0.25, 0.3) is 0 Å². The van der Waals surface area contributed by atoms with E-state index in [9.17, 15) is 0 Å². The number of likely N-dealkylation sites (N-methyl/N-ethyl adjacent to an activating group) is 1. The van der Waals surface area contributed by atoms with Gasteiger partial charge in [0.1, 0.15) is 0 Å². The van der Waals surface area contributed by atoms with Gasteiger partial charge in [0, 0.05) is 12.1 Å². The molecule has 2 heteroatoms. The van der Waals surface area contributed by atoms with Crippen molar-refractivity contribution in [3.8, 4) is 0 Å². The van der Waals surface area contributed by atoms with E-state index in [0.717, 1.165) is 12.1 Å². The molecule has 0 radical (unpaired) electrons. The second-order valence-electron chi connectivity index (χ2n) is 5.60. The average Bonchev–Trinajstić information content (AvgIpc) is 2.58. The monoisotopic (exact) mass is 240 g/mol. The molecule has 2 nitrogen and oxygen atoms in total. The summed E-state index contributed by atoms with van der Waals surface area (Å²) in [4.78, 5) is 2.61. The van der Waals surface area contributed by atoms with Gasteiger partial charge >= 0.3 is 0 Å². The maximum atomic E-state index is 3.78. The first-order valence-corrected chi connectivity index (χ1v) is 7.73. The van der Waals surface area contributed by atoms with Crippen molar-refractivity contribution >= 4 is 0 Å². The molecule has 1 aliphatic carbocycles. The molecule has 0 spiro atoms. The Morgan fingerprint density at radius 1 is 1.06 bits per heavy atom. The van der Waals surface area contributed by atoms with E-state index >= 15 is 0 Å². The SMILES string of the molecule is CCCCN(C)C1CCCCCC1NCCC. The summed E-state index contributed by atoms with van der Waals surface area (Å²) in [5, 5.41) is 3.78.